The van der Waals surface area contributed by atoms with Crippen molar-refractivity contribution >= 4 is 34.5 Å². The number of carbonyl (C=O) groups is 1. The summed E-state index contributed by atoms with van der Waals surface area (Å²) in [5.74, 6) is -0.0109. The van der Waals surface area contributed by atoms with Gasteiger partial charge in [0.25, 0.3) is 0 Å². The fourth-order valence-corrected chi connectivity index (χ4v) is 1.23. The first kappa shape index (κ1) is 12.9. The number of benzene rings is 1. The van der Waals surface area contributed by atoms with Gasteiger partial charge in [0.15, 0.2) is 0 Å². The first-order chi connectivity index (χ1) is 7.61. The Hall–Kier alpha value is -1.18. The molecule has 0 saturated heterocycles. The number of rotatable bonds is 4. The van der Waals surface area contributed by atoms with Crippen LogP contribution in [0.3, 0.4) is 0 Å². The minimum absolute atomic E-state index is 0.0109. The van der Waals surface area contributed by atoms with E-state index in [1.807, 2.05) is 61.2 Å². The molecule has 0 radical (unpaired) electrons. The molecule has 0 atom stereocenters. The molecule has 1 rings (SSSR count). The Bertz CT molecular complexity index is 375. The third kappa shape index (κ3) is 4.56. The van der Waals surface area contributed by atoms with Crippen molar-refractivity contribution in [2.45, 2.75) is 6.42 Å². The van der Waals surface area contributed by atoms with Crippen LogP contribution < -0.4 is 3.53 Å². The second-order valence-corrected chi connectivity index (χ2v) is 3.94. The maximum Gasteiger partial charge on any atom is 0.233 e. The minimum atomic E-state index is -0.0109. The lowest BCUT2D eigenvalue weighted by molar-refractivity contribution is -0.118. The van der Waals surface area contributed by atoms with Crippen LogP contribution in [0.1, 0.15) is 5.56 Å². The molecule has 0 aromatic heterocycles. The second kappa shape index (κ2) is 6.41. The summed E-state index contributed by atoms with van der Waals surface area (Å²) in [4.78, 5) is 11.1. The van der Waals surface area contributed by atoms with E-state index in [0.29, 0.717) is 6.42 Å². The van der Waals surface area contributed by atoms with Crippen LogP contribution in [-0.2, 0) is 11.2 Å². The summed E-state index contributed by atoms with van der Waals surface area (Å²) in [5, 5.41) is 9.50. The SMILES string of the molecule is CN(C)N=Nc1ccc(CC(=O)NI)cc1. The molecule has 0 aliphatic rings. The van der Waals surface area contributed by atoms with E-state index >= 15 is 0 Å². The Kier molecular flexibility index (Phi) is 5.17. The molecule has 0 saturated carbocycles. The van der Waals surface area contributed by atoms with Gasteiger partial charge in [-0.05, 0) is 17.7 Å². The molecule has 5 nitrogen and oxygen atoms in total. The van der Waals surface area contributed by atoms with Gasteiger partial charge in [0, 0.05) is 14.1 Å². The van der Waals surface area contributed by atoms with Gasteiger partial charge in [-0.15, -0.1) is 5.11 Å². The van der Waals surface area contributed by atoms with Crippen LogP contribution >= 0.6 is 22.9 Å². The van der Waals surface area contributed by atoms with Gasteiger partial charge in [0.1, 0.15) is 0 Å². The number of halogens is 1. The Morgan fingerprint density at radius 3 is 2.50 bits per heavy atom. The van der Waals surface area contributed by atoms with Gasteiger partial charge in [-0.3, -0.25) is 13.3 Å². The molecular weight excluding hydrogens is 319 g/mol. The zero-order valence-electron chi connectivity index (χ0n) is 9.14. The fourth-order valence-electron chi connectivity index (χ4n) is 1.04. The number of nitrogens with one attached hydrogen (secondary N) is 1. The standard InChI is InChI=1S/C10H13IN4O/c1-15(2)14-13-9-5-3-8(4-6-9)7-10(16)12-11/h3-6H,7H2,1-2H3,(H,12,16). The van der Waals surface area contributed by atoms with Gasteiger partial charge in [0.2, 0.25) is 5.91 Å². The van der Waals surface area contributed by atoms with Crippen molar-refractivity contribution in [1.29, 1.82) is 0 Å². The van der Waals surface area contributed by atoms with Crippen LogP contribution in [0.15, 0.2) is 34.6 Å². The monoisotopic (exact) mass is 332 g/mol. The van der Waals surface area contributed by atoms with Crippen molar-refractivity contribution < 1.29 is 4.79 Å². The van der Waals surface area contributed by atoms with Crippen LogP contribution in [0, 0.1) is 0 Å². The number of carbonyl (C=O) groups excluding carboxylic acids is 1. The summed E-state index contributed by atoms with van der Waals surface area (Å²) >= 11 is 1.83. The van der Waals surface area contributed by atoms with E-state index < -0.39 is 0 Å². The van der Waals surface area contributed by atoms with E-state index in [2.05, 4.69) is 13.9 Å². The second-order valence-electron chi connectivity index (χ2n) is 3.40. The molecule has 0 spiro atoms. The van der Waals surface area contributed by atoms with Crippen LogP contribution in [0.25, 0.3) is 0 Å². The lowest BCUT2D eigenvalue weighted by atomic mass is 10.1. The first-order valence-corrected chi connectivity index (χ1v) is 5.77. The molecule has 6 heteroatoms. The highest BCUT2D eigenvalue weighted by molar-refractivity contribution is 14.1. The molecular formula is C10H13IN4O. The smallest absolute Gasteiger partial charge is 0.233 e. The molecule has 0 fully saturated rings. The molecule has 0 unspecified atom stereocenters. The summed E-state index contributed by atoms with van der Waals surface area (Å²) in [6.45, 7) is 0. The Morgan fingerprint density at radius 1 is 1.38 bits per heavy atom. The maximum atomic E-state index is 11.1. The summed E-state index contributed by atoms with van der Waals surface area (Å²) in [6.07, 6.45) is 0.383. The van der Waals surface area contributed by atoms with E-state index in [4.69, 9.17) is 0 Å². The zero-order valence-corrected chi connectivity index (χ0v) is 11.3. The molecule has 16 heavy (non-hydrogen) atoms. The average molecular weight is 332 g/mol. The number of nitrogens with zero attached hydrogens (tertiary/aromatic N) is 3. The molecule has 0 heterocycles. The van der Waals surface area contributed by atoms with E-state index in [1.54, 1.807) is 5.01 Å². The van der Waals surface area contributed by atoms with Crippen molar-refractivity contribution in [2.75, 3.05) is 14.1 Å². The third-order valence-electron chi connectivity index (χ3n) is 1.75. The molecule has 86 valence electrons. The fraction of sp³-hybridized carbons (Fsp3) is 0.300. The van der Waals surface area contributed by atoms with Gasteiger partial charge in [-0.2, -0.15) is 0 Å². The quantitative estimate of drug-likeness (QED) is 0.398. The van der Waals surface area contributed by atoms with Gasteiger partial charge in [0.05, 0.1) is 35.0 Å². The predicted octanol–water partition coefficient (Wildman–Crippen LogP) is 2.26. The highest BCUT2D eigenvalue weighted by atomic mass is 127. The molecule has 1 N–H and O–H groups in total. The van der Waals surface area contributed by atoms with Crippen LogP contribution in [0.2, 0.25) is 0 Å². The van der Waals surface area contributed by atoms with E-state index in [1.165, 1.54) is 0 Å². The van der Waals surface area contributed by atoms with Crippen LogP contribution in [0.5, 0.6) is 0 Å². The number of hydrogen-bond donors (Lipinski definition) is 1. The van der Waals surface area contributed by atoms with Crippen molar-refractivity contribution in [3.8, 4) is 0 Å². The van der Waals surface area contributed by atoms with Crippen molar-refractivity contribution in [2.24, 2.45) is 10.3 Å². The third-order valence-corrected chi connectivity index (χ3v) is 2.35. The van der Waals surface area contributed by atoms with E-state index in [9.17, 15) is 4.79 Å². The molecule has 1 aromatic rings. The molecule has 1 amide bonds. The lowest BCUT2D eigenvalue weighted by Gasteiger charge is -2.01. The van der Waals surface area contributed by atoms with Crippen molar-refractivity contribution in [1.82, 2.24) is 8.54 Å². The summed E-state index contributed by atoms with van der Waals surface area (Å²) in [7, 11) is 3.62. The van der Waals surface area contributed by atoms with Crippen LogP contribution in [0.4, 0.5) is 5.69 Å². The minimum Gasteiger partial charge on any atom is -0.299 e. The van der Waals surface area contributed by atoms with Gasteiger partial charge >= 0.3 is 0 Å². The van der Waals surface area contributed by atoms with Crippen LogP contribution in [-0.4, -0.2) is 25.0 Å². The summed E-state index contributed by atoms with van der Waals surface area (Å²) < 4.78 is 2.55. The van der Waals surface area contributed by atoms with Crippen molar-refractivity contribution in [3.05, 3.63) is 29.8 Å². The Balaban J connectivity index is 2.64. The molecule has 0 aliphatic heterocycles. The maximum absolute atomic E-state index is 11.1. The summed E-state index contributed by atoms with van der Waals surface area (Å²) in [5.41, 5.74) is 1.73. The van der Waals surface area contributed by atoms with E-state index in [0.717, 1.165) is 11.3 Å². The predicted molar refractivity (Wildman–Crippen MR) is 70.5 cm³/mol. The number of hydrogen-bond acceptors (Lipinski definition) is 3. The normalized spacial score (nSPS) is 10.4. The van der Waals surface area contributed by atoms with Crippen molar-refractivity contribution in [3.63, 3.8) is 0 Å². The highest BCUT2D eigenvalue weighted by Gasteiger charge is 2.00. The van der Waals surface area contributed by atoms with Gasteiger partial charge < -0.3 is 0 Å². The topological polar surface area (TPSA) is 57.1 Å². The highest BCUT2D eigenvalue weighted by Crippen LogP contribution is 2.14. The number of amides is 1. The first-order valence-electron chi connectivity index (χ1n) is 4.69. The average Bonchev–Trinajstić information content (AvgIpc) is 2.28. The largest absolute Gasteiger partial charge is 0.299 e. The molecule has 0 aliphatic carbocycles. The zero-order chi connectivity index (χ0) is 12.0. The summed E-state index contributed by atoms with van der Waals surface area (Å²) in [6, 6.07) is 7.41. The van der Waals surface area contributed by atoms with Gasteiger partial charge in [-0.25, -0.2) is 0 Å². The lowest BCUT2D eigenvalue weighted by Crippen LogP contribution is -2.13. The van der Waals surface area contributed by atoms with Gasteiger partial charge in [-0.1, -0.05) is 17.4 Å². The molecule has 1 aromatic carbocycles. The Labute approximate surface area is 108 Å². The molecule has 0 bridgehead atoms. The van der Waals surface area contributed by atoms with E-state index in [-0.39, 0.29) is 5.91 Å². The Morgan fingerprint density at radius 2 is 2.00 bits per heavy atom.